The van der Waals surface area contributed by atoms with Gasteiger partial charge in [-0.3, -0.25) is 0 Å². The molecule has 5 nitrogen and oxygen atoms in total. The van der Waals surface area contributed by atoms with Gasteiger partial charge in [-0.1, -0.05) is 0 Å². The smallest absolute Gasteiger partial charge is 0.370 e. The van der Waals surface area contributed by atoms with Crippen molar-refractivity contribution in [1.29, 1.82) is 0 Å². The lowest BCUT2D eigenvalue weighted by atomic mass is 10.2. The molecule has 102 valence electrons. The van der Waals surface area contributed by atoms with Crippen LogP contribution < -0.4 is 16.4 Å². The molecule has 0 amide bonds. The van der Waals surface area contributed by atoms with Crippen LogP contribution in [0.3, 0.4) is 0 Å². The second kappa shape index (κ2) is 5.15. The first kappa shape index (κ1) is 13.2. The molecule has 2 heterocycles. The molecule has 1 aliphatic rings. The van der Waals surface area contributed by atoms with E-state index in [4.69, 9.17) is 5.73 Å². The van der Waals surface area contributed by atoms with Crippen LogP contribution in [0.1, 0.15) is 12.5 Å². The molecule has 1 aromatic rings. The number of hydrogen-bond acceptors (Lipinski definition) is 4. The highest BCUT2D eigenvalue weighted by Crippen LogP contribution is 2.21. The average molecular weight is 263 g/mol. The first-order chi connectivity index (χ1) is 8.48. The van der Waals surface area contributed by atoms with Crippen molar-refractivity contribution < 1.29 is 13.2 Å². The maximum absolute atomic E-state index is 12.2. The van der Waals surface area contributed by atoms with Crippen molar-refractivity contribution in [2.45, 2.75) is 24.7 Å². The second-order valence-corrected chi connectivity index (χ2v) is 4.34. The van der Waals surface area contributed by atoms with Crippen LogP contribution in [0.25, 0.3) is 0 Å². The molecule has 0 aliphatic carbocycles. The molecule has 18 heavy (non-hydrogen) atoms. The van der Waals surface area contributed by atoms with Crippen LogP contribution in [0.2, 0.25) is 0 Å². The van der Waals surface area contributed by atoms with E-state index >= 15 is 0 Å². The third-order valence-electron chi connectivity index (χ3n) is 2.96. The molecule has 0 aromatic carbocycles. The lowest BCUT2D eigenvalue weighted by Gasteiger charge is -2.29. The van der Waals surface area contributed by atoms with Crippen LogP contribution in [0.5, 0.6) is 0 Å². The van der Waals surface area contributed by atoms with Gasteiger partial charge in [0.25, 0.3) is 0 Å². The summed E-state index contributed by atoms with van der Waals surface area (Å²) >= 11 is 0. The largest absolute Gasteiger partial charge is 0.403 e. The van der Waals surface area contributed by atoms with Crippen molar-refractivity contribution in [1.82, 2.24) is 15.1 Å². The van der Waals surface area contributed by atoms with Gasteiger partial charge in [-0.25, -0.2) is 4.68 Å². The molecule has 8 heteroatoms. The maximum atomic E-state index is 12.2. The Labute approximate surface area is 103 Å². The number of alkyl halides is 3. The molecular formula is C10H16F3N5. The Hall–Kier alpha value is -1.28. The van der Waals surface area contributed by atoms with E-state index in [-0.39, 0.29) is 19.0 Å². The van der Waals surface area contributed by atoms with Crippen molar-refractivity contribution in [3.8, 4) is 0 Å². The summed E-state index contributed by atoms with van der Waals surface area (Å²) in [6, 6.07) is 0.239. The number of hydrogen-bond donors (Lipinski definition) is 3. The number of nitrogens with zero attached hydrogens (tertiary/aromatic N) is 2. The fourth-order valence-electron chi connectivity index (χ4n) is 1.71. The van der Waals surface area contributed by atoms with Gasteiger partial charge in [-0.15, -0.1) is 0 Å². The van der Waals surface area contributed by atoms with Crippen LogP contribution >= 0.6 is 0 Å². The van der Waals surface area contributed by atoms with E-state index in [0.717, 1.165) is 18.9 Å². The lowest BCUT2D eigenvalue weighted by molar-refractivity contribution is -0.148. The maximum Gasteiger partial charge on any atom is 0.403 e. The Morgan fingerprint density at radius 2 is 2.28 bits per heavy atom. The van der Waals surface area contributed by atoms with Crippen LogP contribution in [0.4, 0.5) is 19.0 Å². The minimum absolute atomic E-state index is 0.155. The zero-order valence-electron chi connectivity index (χ0n) is 9.74. The number of aromatic nitrogens is 2. The van der Waals surface area contributed by atoms with Gasteiger partial charge < -0.3 is 16.4 Å². The summed E-state index contributed by atoms with van der Waals surface area (Å²) in [5.74, 6) is 0.732. The fourth-order valence-corrected chi connectivity index (χ4v) is 1.71. The SMILES string of the molecule is NC(CCNc1ccnn1C1CNC1)C(F)(F)F. The summed E-state index contributed by atoms with van der Waals surface area (Å²) in [4.78, 5) is 0. The monoisotopic (exact) mass is 263 g/mol. The molecule has 0 bridgehead atoms. The minimum atomic E-state index is -4.33. The van der Waals surface area contributed by atoms with Gasteiger partial charge in [-0.2, -0.15) is 18.3 Å². The van der Waals surface area contributed by atoms with Gasteiger partial charge in [0.2, 0.25) is 0 Å². The summed E-state index contributed by atoms with van der Waals surface area (Å²) < 4.78 is 38.4. The van der Waals surface area contributed by atoms with Gasteiger partial charge in [0.15, 0.2) is 0 Å². The van der Waals surface area contributed by atoms with E-state index in [1.54, 1.807) is 16.9 Å². The number of nitrogens with two attached hydrogens (primary N) is 1. The van der Waals surface area contributed by atoms with Crippen molar-refractivity contribution in [3.05, 3.63) is 12.3 Å². The first-order valence-corrected chi connectivity index (χ1v) is 5.79. The van der Waals surface area contributed by atoms with E-state index in [9.17, 15) is 13.2 Å². The van der Waals surface area contributed by atoms with E-state index in [1.165, 1.54) is 0 Å². The first-order valence-electron chi connectivity index (χ1n) is 5.79. The van der Waals surface area contributed by atoms with Gasteiger partial charge >= 0.3 is 6.18 Å². The zero-order valence-corrected chi connectivity index (χ0v) is 9.74. The van der Waals surface area contributed by atoms with Crippen molar-refractivity contribution in [2.24, 2.45) is 5.73 Å². The van der Waals surface area contributed by atoms with Gasteiger partial charge in [-0.05, 0) is 6.42 Å². The Morgan fingerprint density at radius 1 is 1.56 bits per heavy atom. The summed E-state index contributed by atoms with van der Waals surface area (Å²) in [7, 11) is 0. The molecule has 1 aliphatic heterocycles. The minimum Gasteiger partial charge on any atom is -0.370 e. The van der Waals surface area contributed by atoms with E-state index in [2.05, 4.69) is 15.7 Å². The van der Waals surface area contributed by atoms with Crippen molar-refractivity contribution >= 4 is 5.82 Å². The highest BCUT2D eigenvalue weighted by molar-refractivity contribution is 5.34. The normalized spacial score (nSPS) is 18.4. The summed E-state index contributed by atoms with van der Waals surface area (Å²) in [5, 5.41) is 10.2. The van der Waals surface area contributed by atoms with Crippen LogP contribution in [0.15, 0.2) is 12.3 Å². The Bertz CT molecular complexity index is 385. The molecule has 0 spiro atoms. The van der Waals surface area contributed by atoms with E-state index < -0.39 is 12.2 Å². The molecular weight excluding hydrogens is 247 g/mol. The Morgan fingerprint density at radius 3 is 2.83 bits per heavy atom. The highest BCUT2D eigenvalue weighted by Gasteiger charge is 2.36. The number of nitrogens with one attached hydrogen (secondary N) is 2. The third kappa shape index (κ3) is 2.94. The molecule has 0 saturated carbocycles. The topological polar surface area (TPSA) is 67.9 Å². The van der Waals surface area contributed by atoms with Gasteiger partial charge in [0.05, 0.1) is 12.2 Å². The van der Waals surface area contributed by atoms with Gasteiger partial charge in [0.1, 0.15) is 11.9 Å². The van der Waals surface area contributed by atoms with Crippen LogP contribution in [-0.2, 0) is 0 Å². The summed E-state index contributed by atoms with van der Waals surface area (Å²) in [6.07, 6.45) is -2.86. The van der Waals surface area contributed by atoms with Crippen LogP contribution in [-0.4, -0.2) is 41.6 Å². The average Bonchev–Trinajstić information content (AvgIpc) is 2.62. The lowest BCUT2D eigenvalue weighted by Crippen LogP contribution is -2.44. The molecule has 1 atom stereocenters. The molecule has 4 N–H and O–H groups in total. The standard InChI is InChI=1S/C10H16F3N5/c11-10(12,13)8(14)1-3-16-9-2-4-17-18(9)7-5-15-6-7/h2,4,7-8,15-16H,1,3,5-6,14H2. The number of halogens is 3. The Kier molecular flexibility index (Phi) is 3.76. The molecule has 1 unspecified atom stereocenters. The van der Waals surface area contributed by atoms with Gasteiger partial charge in [0, 0.05) is 25.7 Å². The second-order valence-electron chi connectivity index (χ2n) is 4.34. The molecule has 1 fully saturated rings. The highest BCUT2D eigenvalue weighted by atomic mass is 19.4. The molecule has 0 radical (unpaired) electrons. The molecule has 1 aromatic heterocycles. The van der Waals surface area contributed by atoms with Crippen LogP contribution in [0, 0.1) is 0 Å². The van der Waals surface area contributed by atoms with Crippen molar-refractivity contribution in [3.63, 3.8) is 0 Å². The summed E-state index contributed by atoms with van der Waals surface area (Å²) in [5.41, 5.74) is 5.03. The predicted molar refractivity (Wildman–Crippen MR) is 61.3 cm³/mol. The Balaban J connectivity index is 1.82. The fraction of sp³-hybridized carbons (Fsp3) is 0.700. The zero-order chi connectivity index (χ0) is 13.2. The third-order valence-corrected chi connectivity index (χ3v) is 2.96. The summed E-state index contributed by atoms with van der Waals surface area (Å²) in [6.45, 7) is 1.84. The quantitative estimate of drug-likeness (QED) is 0.732. The van der Waals surface area contributed by atoms with E-state index in [0.29, 0.717) is 0 Å². The van der Waals surface area contributed by atoms with E-state index in [1.807, 2.05) is 0 Å². The molecule has 1 saturated heterocycles. The predicted octanol–water partition coefficient (Wildman–Crippen LogP) is 0.719. The van der Waals surface area contributed by atoms with Crippen molar-refractivity contribution in [2.75, 3.05) is 25.0 Å². The molecule has 2 rings (SSSR count). The number of anilines is 1. The number of rotatable bonds is 5.